The van der Waals surface area contributed by atoms with Gasteiger partial charge in [0.15, 0.2) is 0 Å². The lowest BCUT2D eigenvalue weighted by molar-refractivity contribution is -0.294. The van der Waals surface area contributed by atoms with Gasteiger partial charge in [0, 0.05) is 31.9 Å². The average molecular weight is 242 g/mol. The molecule has 0 bridgehead atoms. The van der Waals surface area contributed by atoms with Gasteiger partial charge in [0.2, 0.25) is 0 Å². The maximum Gasteiger partial charge on any atom is 0.332 e. The highest BCUT2D eigenvalue weighted by Gasteiger charge is 2.32. The van der Waals surface area contributed by atoms with E-state index in [9.17, 15) is 9.59 Å². The fraction of sp³-hybridized carbons (Fsp3) is 0.636. The number of hydrogen-bond donors (Lipinski definition) is 1. The molecule has 0 amide bonds. The maximum atomic E-state index is 11.7. The van der Waals surface area contributed by atoms with Crippen molar-refractivity contribution >= 4 is 0 Å². The molecule has 0 aliphatic heterocycles. The Morgan fingerprint density at radius 3 is 2.24 bits per heavy atom. The Hall–Kier alpha value is -1.40. The van der Waals surface area contributed by atoms with Crippen LogP contribution in [0.2, 0.25) is 0 Å². The van der Waals surface area contributed by atoms with Crippen molar-refractivity contribution in [2.45, 2.75) is 33.1 Å². The summed E-state index contributed by atoms with van der Waals surface area (Å²) >= 11 is 0. The molecular weight excluding hydrogens is 224 g/mol. The number of aromatic amines is 1. The van der Waals surface area contributed by atoms with E-state index in [2.05, 4.69) is 4.98 Å². The van der Waals surface area contributed by atoms with Gasteiger partial charge in [-0.05, 0) is 13.8 Å². The standard InChI is InChI=1S/C11H18N2O4/c1-4-11(16-5-2,17-6-3)13-8-7-9(14)12-10(13)15/h7-8H,4-6H2,1-3H3,(H,12,14,15). The van der Waals surface area contributed by atoms with Crippen LogP contribution in [0.15, 0.2) is 21.9 Å². The highest BCUT2D eigenvalue weighted by Crippen LogP contribution is 2.22. The SMILES string of the molecule is CCOC(CC)(OCC)n1ccc(=O)[nH]c1=O. The molecule has 1 rings (SSSR count). The number of nitrogens with one attached hydrogen (secondary N) is 1. The summed E-state index contributed by atoms with van der Waals surface area (Å²) in [6, 6.07) is 1.27. The summed E-state index contributed by atoms with van der Waals surface area (Å²) in [6.07, 6.45) is 1.84. The van der Waals surface area contributed by atoms with Gasteiger partial charge in [-0.25, -0.2) is 9.36 Å². The normalized spacial score (nSPS) is 11.7. The zero-order valence-corrected chi connectivity index (χ0v) is 10.4. The minimum atomic E-state index is -1.15. The Bertz CT molecular complexity index is 457. The number of aromatic nitrogens is 2. The molecule has 0 aromatic carbocycles. The largest absolute Gasteiger partial charge is 0.333 e. The van der Waals surface area contributed by atoms with E-state index in [0.29, 0.717) is 19.6 Å². The van der Waals surface area contributed by atoms with Crippen molar-refractivity contribution < 1.29 is 9.47 Å². The molecular formula is C11H18N2O4. The number of ether oxygens (including phenoxy) is 2. The van der Waals surface area contributed by atoms with Gasteiger partial charge in [-0.2, -0.15) is 0 Å². The lowest BCUT2D eigenvalue weighted by Gasteiger charge is -2.33. The fourth-order valence-electron chi connectivity index (χ4n) is 1.69. The van der Waals surface area contributed by atoms with Crippen molar-refractivity contribution in [2.24, 2.45) is 0 Å². The molecule has 1 heterocycles. The Kier molecular flexibility index (Phi) is 4.65. The topological polar surface area (TPSA) is 73.3 Å². The first-order valence-electron chi connectivity index (χ1n) is 5.70. The predicted molar refractivity (Wildman–Crippen MR) is 62.8 cm³/mol. The molecule has 17 heavy (non-hydrogen) atoms. The molecule has 0 fully saturated rings. The van der Waals surface area contributed by atoms with Crippen LogP contribution in [-0.2, 0) is 15.4 Å². The second kappa shape index (κ2) is 5.79. The molecule has 0 aliphatic carbocycles. The smallest absolute Gasteiger partial charge is 0.332 e. The molecule has 1 aromatic heterocycles. The summed E-state index contributed by atoms with van der Waals surface area (Å²) in [5, 5.41) is 0. The van der Waals surface area contributed by atoms with Crippen molar-refractivity contribution in [3.05, 3.63) is 33.1 Å². The van der Waals surface area contributed by atoms with Crippen molar-refractivity contribution in [2.75, 3.05) is 13.2 Å². The molecule has 0 saturated heterocycles. The summed E-state index contributed by atoms with van der Waals surface area (Å²) in [4.78, 5) is 25.0. The Morgan fingerprint density at radius 2 is 1.82 bits per heavy atom. The molecule has 6 nitrogen and oxygen atoms in total. The van der Waals surface area contributed by atoms with Crippen LogP contribution < -0.4 is 11.2 Å². The van der Waals surface area contributed by atoms with Gasteiger partial charge < -0.3 is 9.47 Å². The molecule has 1 aromatic rings. The molecule has 0 radical (unpaired) electrons. The summed E-state index contributed by atoms with van der Waals surface area (Å²) < 4.78 is 12.4. The van der Waals surface area contributed by atoms with Gasteiger partial charge in [0.25, 0.3) is 11.5 Å². The van der Waals surface area contributed by atoms with Gasteiger partial charge in [0.05, 0.1) is 0 Å². The highest BCUT2D eigenvalue weighted by atomic mass is 16.7. The summed E-state index contributed by atoms with van der Waals surface area (Å²) in [5.41, 5.74) is -0.981. The van der Waals surface area contributed by atoms with Crippen LogP contribution in [0.4, 0.5) is 0 Å². The average Bonchev–Trinajstić information content (AvgIpc) is 2.28. The van der Waals surface area contributed by atoms with E-state index in [0.717, 1.165) is 0 Å². The Balaban J connectivity index is 3.29. The summed E-state index contributed by atoms with van der Waals surface area (Å²) in [5.74, 6) is -1.15. The van der Waals surface area contributed by atoms with Crippen molar-refractivity contribution in [3.8, 4) is 0 Å². The molecule has 0 spiro atoms. The second-order valence-corrected chi connectivity index (χ2v) is 3.41. The van der Waals surface area contributed by atoms with E-state index >= 15 is 0 Å². The molecule has 1 N–H and O–H groups in total. The van der Waals surface area contributed by atoms with Crippen LogP contribution in [0, 0.1) is 0 Å². The third-order valence-electron chi connectivity index (χ3n) is 2.38. The van der Waals surface area contributed by atoms with Crippen LogP contribution in [0.1, 0.15) is 27.2 Å². The first-order chi connectivity index (χ1) is 8.09. The van der Waals surface area contributed by atoms with E-state index < -0.39 is 17.2 Å². The molecule has 0 unspecified atom stereocenters. The Morgan fingerprint density at radius 1 is 1.24 bits per heavy atom. The van der Waals surface area contributed by atoms with E-state index in [4.69, 9.17) is 9.47 Å². The van der Waals surface area contributed by atoms with Crippen LogP contribution in [0.3, 0.4) is 0 Å². The maximum absolute atomic E-state index is 11.7. The van der Waals surface area contributed by atoms with Crippen molar-refractivity contribution in [1.82, 2.24) is 9.55 Å². The zero-order valence-electron chi connectivity index (χ0n) is 10.4. The number of rotatable bonds is 6. The number of H-pyrrole nitrogens is 1. The highest BCUT2D eigenvalue weighted by molar-refractivity contribution is 4.86. The van der Waals surface area contributed by atoms with Gasteiger partial charge >= 0.3 is 5.69 Å². The lowest BCUT2D eigenvalue weighted by Crippen LogP contribution is -2.47. The third kappa shape index (κ3) is 2.83. The van der Waals surface area contributed by atoms with Gasteiger partial charge in [-0.3, -0.25) is 9.78 Å². The van der Waals surface area contributed by atoms with Gasteiger partial charge in [0.1, 0.15) is 0 Å². The summed E-state index contributed by atoms with van der Waals surface area (Å²) in [7, 11) is 0. The van der Waals surface area contributed by atoms with Crippen molar-refractivity contribution in [3.63, 3.8) is 0 Å². The van der Waals surface area contributed by atoms with Crippen molar-refractivity contribution in [1.29, 1.82) is 0 Å². The van der Waals surface area contributed by atoms with E-state index in [1.807, 2.05) is 20.8 Å². The summed E-state index contributed by atoms with van der Waals surface area (Å²) in [6.45, 7) is 6.29. The van der Waals surface area contributed by atoms with Crippen LogP contribution in [0.5, 0.6) is 0 Å². The van der Waals surface area contributed by atoms with Gasteiger partial charge in [-0.1, -0.05) is 6.92 Å². The molecule has 6 heteroatoms. The number of nitrogens with zero attached hydrogens (tertiary/aromatic N) is 1. The molecule has 0 atom stereocenters. The first kappa shape index (κ1) is 13.7. The minimum absolute atomic E-state index is 0.402. The van der Waals surface area contributed by atoms with Crippen LogP contribution in [-0.4, -0.2) is 22.8 Å². The quantitative estimate of drug-likeness (QED) is 0.742. The van der Waals surface area contributed by atoms with E-state index in [1.165, 1.54) is 16.8 Å². The molecule has 0 aliphatic rings. The minimum Gasteiger partial charge on any atom is -0.333 e. The van der Waals surface area contributed by atoms with E-state index in [-0.39, 0.29) is 0 Å². The monoisotopic (exact) mass is 242 g/mol. The predicted octanol–water partition coefficient (Wildman–Crippen LogP) is 0.630. The lowest BCUT2D eigenvalue weighted by atomic mass is 10.3. The third-order valence-corrected chi connectivity index (χ3v) is 2.38. The second-order valence-electron chi connectivity index (χ2n) is 3.41. The Labute approximate surface area is 99.2 Å². The van der Waals surface area contributed by atoms with Gasteiger partial charge in [-0.15, -0.1) is 0 Å². The molecule has 0 saturated carbocycles. The first-order valence-corrected chi connectivity index (χ1v) is 5.70. The van der Waals surface area contributed by atoms with E-state index in [1.54, 1.807) is 0 Å². The zero-order chi connectivity index (χ0) is 12.9. The number of hydrogen-bond acceptors (Lipinski definition) is 4. The van der Waals surface area contributed by atoms with Crippen LogP contribution in [0.25, 0.3) is 0 Å². The molecule has 96 valence electrons. The van der Waals surface area contributed by atoms with Crippen LogP contribution >= 0.6 is 0 Å². The fourth-order valence-corrected chi connectivity index (χ4v) is 1.69.